The molecule has 1 nitrogen and oxygen atoms in total. The Bertz CT molecular complexity index is 374. The van der Waals surface area contributed by atoms with Crippen molar-refractivity contribution in [2.24, 2.45) is 0 Å². The smallest absolute Gasteiger partial charge is 0.209 e. The predicted octanol–water partition coefficient (Wildman–Crippen LogP) is 3.12. The maximum absolute atomic E-state index is 12.7. The minimum Gasteiger partial charge on any atom is -0.209 e. The second-order valence-corrected chi connectivity index (χ2v) is 3.27. The van der Waals surface area contributed by atoms with Gasteiger partial charge in [0.2, 0.25) is 0 Å². The summed E-state index contributed by atoms with van der Waals surface area (Å²) in [4.78, 5) is 2.16. The molecular formula is C6F6IN. The Morgan fingerprint density at radius 3 is 1.93 bits per heavy atom. The molecule has 0 fully saturated rings. The standard InChI is InChI=1S/C6F6IN/c7-1-3(13)2(8)5(9)14-4(1)6(10,11)12. The summed E-state index contributed by atoms with van der Waals surface area (Å²) in [6, 6.07) is 0. The number of hydrogen-bond donors (Lipinski definition) is 0. The second kappa shape index (κ2) is 3.55. The third-order valence-electron chi connectivity index (χ3n) is 1.25. The van der Waals surface area contributed by atoms with Gasteiger partial charge in [0.15, 0.2) is 17.3 Å². The first kappa shape index (κ1) is 11.5. The maximum Gasteiger partial charge on any atom is 0.436 e. The van der Waals surface area contributed by atoms with E-state index in [9.17, 15) is 26.3 Å². The lowest BCUT2D eigenvalue weighted by atomic mass is 10.3. The fourth-order valence-electron chi connectivity index (χ4n) is 0.675. The van der Waals surface area contributed by atoms with Crippen molar-refractivity contribution in [1.82, 2.24) is 4.98 Å². The third-order valence-corrected chi connectivity index (χ3v) is 2.20. The van der Waals surface area contributed by atoms with Crippen molar-refractivity contribution in [1.29, 1.82) is 0 Å². The largest absolute Gasteiger partial charge is 0.436 e. The van der Waals surface area contributed by atoms with Crippen molar-refractivity contribution < 1.29 is 26.3 Å². The fourth-order valence-corrected chi connectivity index (χ4v) is 1.15. The van der Waals surface area contributed by atoms with Crippen LogP contribution < -0.4 is 0 Å². The number of aromatic nitrogens is 1. The third kappa shape index (κ3) is 1.93. The molecule has 0 aliphatic heterocycles. The summed E-state index contributed by atoms with van der Waals surface area (Å²) in [5.74, 6) is -5.60. The molecule has 78 valence electrons. The molecule has 0 aliphatic rings. The van der Waals surface area contributed by atoms with E-state index in [4.69, 9.17) is 0 Å². The number of halogens is 7. The summed E-state index contributed by atoms with van der Waals surface area (Å²) in [5, 5.41) is 0. The van der Waals surface area contributed by atoms with Crippen LogP contribution in [0.4, 0.5) is 26.3 Å². The Morgan fingerprint density at radius 1 is 1.00 bits per heavy atom. The van der Waals surface area contributed by atoms with Crippen molar-refractivity contribution in [3.05, 3.63) is 26.8 Å². The molecule has 0 radical (unpaired) electrons. The van der Waals surface area contributed by atoms with Crippen molar-refractivity contribution in [2.45, 2.75) is 6.18 Å². The highest BCUT2D eigenvalue weighted by Gasteiger charge is 2.39. The minimum atomic E-state index is -5.14. The highest BCUT2D eigenvalue weighted by molar-refractivity contribution is 14.1. The summed E-state index contributed by atoms with van der Waals surface area (Å²) < 4.78 is 72.4. The van der Waals surface area contributed by atoms with Crippen LogP contribution >= 0.6 is 22.6 Å². The monoisotopic (exact) mass is 327 g/mol. The summed E-state index contributed by atoms with van der Waals surface area (Å²) in [7, 11) is 0. The van der Waals surface area contributed by atoms with Crippen LogP contribution in [0.3, 0.4) is 0 Å². The lowest BCUT2D eigenvalue weighted by Crippen LogP contribution is -2.15. The normalized spacial score (nSPS) is 11.9. The average Bonchev–Trinajstić information content (AvgIpc) is 2.06. The number of rotatable bonds is 0. The molecule has 1 aromatic rings. The fraction of sp³-hybridized carbons (Fsp3) is 0.167. The Hall–Kier alpha value is -0.540. The number of hydrogen-bond acceptors (Lipinski definition) is 1. The van der Waals surface area contributed by atoms with Gasteiger partial charge in [-0.15, -0.1) is 0 Å². The molecule has 0 bridgehead atoms. The van der Waals surface area contributed by atoms with Crippen LogP contribution in [-0.4, -0.2) is 4.98 Å². The van der Waals surface area contributed by atoms with Gasteiger partial charge in [-0.25, -0.2) is 13.8 Å². The highest BCUT2D eigenvalue weighted by atomic mass is 127. The summed E-state index contributed by atoms with van der Waals surface area (Å²) in [6.07, 6.45) is -5.14. The van der Waals surface area contributed by atoms with Crippen LogP contribution in [0.2, 0.25) is 0 Å². The van der Waals surface area contributed by atoms with Crippen LogP contribution in [-0.2, 0) is 6.18 Å². The van der Waals surface area contributed by atoms with Crippen LogP contribution in [0.25, 0.3) is 0 Å². The van der Waals surface area contributed by atoms with E-state index in [-0.39, 0.29) is 0 Å². The van der Waals surface area contributed by atoms with Crippen molar-refractivity contribution in [3.8, 4) is 0 Å². The number of pyridine rings is 1. The topological polar surface area (TPSA) is 12.9 Å². The predicted molar refractivity (Wildman–Crippen MR) is 41.8 cm³/mol. The van der Waals surface area contributed by atoms with Gasteiger partial charge in [-0.05, 0) is 22.6 Å². The second-order valence-electron chi connectivity index (χ2n) is 2.19. The van der Waals surface area contributed by atoms with E-state index in [2.05, 4.69) is 4.98 Å². The molecule has 0 saturated heterocycles. The Kier molecular flexibility index (Phi) is 2.93. The van der Waals surface area contributed by atoms with E-state index in [1.165, 1.54) is 0 Å². The average molecular weight is 327 g/mol. The molecule has 0 aromatic carbocycles. The first-order valence-electron chi connectivity index (χ1n) is 3.02. The number of alkyl halides is 3. The van der Waals surface area contributed by atoms with Gasteiger partial charge in [-0.1, -0.05) is 0 Å². The van der Waals surface area contributed by atoms with Gasteiger partial charge in [0.1, 0.15) is 0 Å². The van der Waals surface area contributed by atoms with Gasteiger partial charge in [0.05, 0.1) is 3.57 Å². The van der Waals surface area contributed by atoms with E-state index in [1.54, 1.807) is 0 Å². The molecular weight excluding hydrogens is 327 g/mol. The Balaban J connectivity index is 3.49. The summed E-state index contributed by atoms with van der Waals surface area (Å²) >= 11 is 0.930. The number of nitrogens with zero attached hydrogens (tertiary/aromatic N) is 1. The van der Waals surface area contributed by atoms with Crippen LogP contribution in [0.1, 0.15) is 5.69 Å². The molecule has 1 heterocycles. The van der Waals surface area contributed by atoms with E-state index >= 15 is 0 Å². The molecule has 0 saturated carbocycles. The van der Waals surface area contributed by atoms with Gasteiger partial charge in [-0.2, -0.15) is 17.6 Å². The van der Waals surface area contributed by atoms with E-state index < -0.39 is 33.0 Å². The molecule has 0 N–H and O–H groups in total. The molecule has 0 aliphatic carbocycles. The molecule has 0 spiro atoms. The zero-order chi connectivity index (χ0) is 11.1. The van der Waals surface area contributed by atoms with Gasteiger partial charge in [-0.3, -0.25) is 0 Å². The molecule has 0 atom stereocenters. The van der Waals surface area contributed by atoms with Gasteiger partial charge in [0, 0.05) is 0 Å². The first-order chi connectivity index (χ1) is 6.25. The molecule has 0 unspecified atom stereocenters. The Labute approximate surface area is 87.3 Å². The van der Waals surface area contributed by atoms with Crippen molar-refractivity contribution in [2.75, 3.05) is 0 Å². The summed E-state index contributed by atoms with van der Waals surface area (Å²) in [5.41, 5.74) is -2.05. The zero-order valence-electron chi connectivity index (χ0n) is 6.09. The molecule has 1 rings (SSSR count). The van der Waals surface area contributed by atoms with Crippen molar-refractivity contribution >= 4 is 22.6 Å². The lowest BCUT2D eigenvalue weighted by Gasteiger charge is -2.08. The zero-order valence-corrected chi connectivity index (χ0v) is 8.25. The minimum absolute atomic E-state index is 0.930. The quantitative estimate of drug-likeness (QED) is 0.405. The maximum atomic E-state index is 12.7. The molecule has 14 heavy (non-hydrogen) atoms. The van der Waals surface area contributed by atoms with E-state index in [0.29, 0.717) is 0 Å². The van der Waals surface area contributed by atoms with Gasteiger partial charge >= 0.3 is 6.18 Å². The molecule has 8 heteroatoms. The highest BCUT2D eigenvalue weighted by Crippen LogP contribution is 2.32. The first-order valence-corrected chi connectivity index (χ1v) is 4.10. The molecule has 0 amide bonds. The Morgan fingerprint density at radius 2 is 1.50 bits per heavy atom. The lowest BCUT2D eigenvalue weighted by molar-refractivity contribution is -0.144. The SMILES string of the molecule is Fc1nc(C(F)(F)F)c(F)c(I)c1F. The van der Waals surface area contributed by atoms with Gasteiger partial charge < -0.3 is 0 Å². The van der Waals surface area contributed by atoms with Crippen LogP contribution in [0.15, 0.2) is 0 Å². The van der Waals surface area contributed by atoms with Crippen LogP contribution in [0, 0.1) is 21.2 Å². The van der Waals surface area contributed by atoms with E-state index in [0.717, 1.165) is 22.6 Å². The van der Waals surface area contributed by atoms with Crippen molar-refractivity contribution in [3.63, 3.8) is 0 Å². The van der Waals surface area contributed by atoms with E-state index in [1.807, 2.05) is 0 Å². The van der Waals surface area contributed by atoms with Gasteiger partial charge in [0.25, 0.3) is 5.95 Å². The van der Waals surface area contributed by atoms with Crippen LogP contribution in [0.5, 0.6) is 0 Å². The molecule has 1 aromatic heterocycles. The summed E-state index contributed by atoms with van der Waals surface area (Å²) in [6.45, 7) is 0.